The zero-order chi connectivity index (χ0) is 13.7. The Bertz CT molecular complexity index is 525. The molecule has 1 aromatic heterocycles. The molecule has 0 bridgehead atoms. The molecule has 2 rings (SSSR count). The highest BCUT2D eigenvalue weighted by Gasteiger charge is 2.17. The molecule has 0 fully saturated rings. The van der Waals surface area contributed by atoms with Gasteiger partial charge in [-0.2, -0.15) is 4.98 Å². The highest BCUT2D eigenvalue weighted by Crippen LogP contribution is 2.28. The van der Waals surface area contributed by atoms with Crippen molar-refractivity contribution in [3.8, 4) is 17.1 Å². The number of ether oxygens (including phenoxy) is 1. The molecule has 0 amide bonds. The maximum atomic E-state index is 6.02. The first-order valence-corrected chi connectivity index (χ1v) is 6.48. The van der Waals surface area contributed by atoms with Crippen molar-refractivity contribution in [2.45, 2.75) is 32.2 Å². The Hall–Kier alpha value is -1.88. The largest absolute Gasteiger partial charge is 0.496 e. The van der Waals surface area contributed by atoms with E-state index < -0.39 is 0 Å². The number of hydrogen-bond acceptors (Lipinski definition) is 5. The Balaban J connectivity index is 2.20. The van der Waals surface area contributed by atoms with E-state index in [0.717, 1.165) is 30.6 Å². The average Bonchev–Trinajstić information content (AvgIpc) is 2.94. The van der Waals surface area contributed by atoms with Gasteiger partial charge in [0.2, 0.25) is 11.7 Å². The van der Waals surface area contributed by atoms with E-state index in [-0.39, 0.29) is 6.04 Å². The Morgan fingerprint density at radius 2 is 2.16 bits per heavy atom. The topological polar surface area (TPSA) is 74.2 Å². The third-order valence-corrected chi connectivity index (χ3v) is 2.98. The average molecular weight is 261 g/mol. The molecule has 5 nitrogen and oxygen atoms in total. The summed E-state index contributed by atoms with van der Waals surface area (Å²) in [5.41, 5.74) is 6.82. The molecule has 0 saturated carbocycles. The molecule has 1 aromatic carbocycles. The van der Waals surface area contributed by atoms with Crippen LogP contribution in [-0.4, -0.2) is 17.3 Å². The van der Waals surface area contributed by atoms with Gasteiger partial charge in [-0.1, -0.05) is 37.1 Å². The van der Waals surface area contributed by atoms with E-state index in [4.69, 9.17) is 15.0 Å². The van der Waals surface area contributed by atoms with E-state index in [9.17, 15) is 0 Å². The van der Waals surface area contributed by atoms with Gasteiger partial charge in [-0.3, -0.25) is 0 Å². The number of methoxy groups -OCH3 is 1. The van der Waals surface area contributed by atoms with E-state index in [1.54, 1.807) is 7.11 Å². The standard InChI is InChI=1S/C14H19N3O2/c1-3-4-8-11(15)14-16-13(17-19-14)10-7-5-6-9-12(10)18-2/h5-7,9,11H,3-4,8,15H2,1-2H3/t11-/m0/s1. The highest BCUT2D eigenvalue weighted by atomic mass is 16.5. The predicted octanol–water partition coefficient (Wildman–Crippen LogP) is 2.94. The van der Waals surface area contributed by atoms with Crippen LogP contribution in [0.4, 0.5) is 0 Å². The molecule has 0 saturated heterocycles. The summed E-state index contributed by atoms with van der Waals surface area (Å²) in [5.74, 6) is 1.71. The van der Waals surface area contributed by atoms with Crippen LogP contribution < -0.4 is 10.5 Å². The second kappa shape index (κ2) is 6.33. The summed E-state index contributed by atoms with van der Waals surface area (Å²) in [6.45, 7) is 2.13. The van der Waals surface area contributed by atoms with Crippen LogP contribution >= 0.6 is 0 Å². The van der Waals surface area contributed by atoms with Crippen molar-refractivity contribution in [2.24, 2.45) is 5.73 Å². The zero-order valence-electron chi connectivity index (χ0n) is 11.3. The fourth-order valence-electron chi connectivity index (χ4n) is 1.87. The summed E-state index contributed by atoms with van der Waals surface area (Å²) >= 11 is 0. The first-order chi connectivity index (χ1) is 9.26. The summed E-state index contributed by atoms with van der Waals surface area (Å²) in [7, 11) is 1.62. The molecular weight excluding hydrogens is 242 g/mol. The third-order valence-electron chi connectivity index (χ3n) is 2.98. The van der Waals surface area contributed by atoms with E-state index in [2.05, 4.69) is 17.1 Å². The van der Waals surface area contributed by atoms with Crippen LogP contribution in [0.2, 0.25) is 0 Å². The van der Waals surface area contributed by atoms with Gasteiger partial charge in [-0.25, -0.2) is 0 Å². The van der Waals surface area contributed by atoms with Gasteiger partial charge < -0.3 is 15.0 Å². The number of nitrogens with two attached hydrogens (primary N) is 1. The number of benzene rings is 1. The first kappa shape index (κ1) is 13.5. The minimum Gasteiger partial charge on any atom is -0.496 e. The SMILES string of the molecule is CCCC[C@H](N)c1nc(-c2ccccc2OC)no1. The molecule has 19 heavy (non-hydrogen) atoms. The minimum absolute atomic E-state index is 0.198. The van der Waals surface area contributed by atoms with E-state index in [1.165, 1.54) is 0 Å². The number of aromatic nitrogens is 2. The first-order valence-electron chi connectivity index (χ1n) is 6.48. The lowest BCUT2D eigenvalue weighted by molar-refractivity contribution is 0.346. The van der Waals surface area contributed by atoms with Crippen LogP contribution in [0.1, 0.15) is 38.1 Å². The van der Waals surface area contributed by atoms with Crippen LogP contribution in [0, 0.1) is 0 Å². The smallest absolute Gasteiger partial charge is 0.243 e. The van der Waals surface area contributed by atoms with Gasteiger partial charge in [0, 0.05) is 0 Å². The molecule has 5 heteroatoms. The predicted molar refractivity (Wildman–Crippen MR) is 72.7 cm³/mol. The number of nitrogens with zero attached hydrogens (tertiary/aromatic N) is 2. The molecule has 0 aliphatic heterocycles. The van der Waals surface area contributed by atoms with Gasteiger partial charge in [-0.15, -0.1) is 0 Å². The molecular formula is C14H19N3O2. The van der Waals surface area contributed by atoms with Gasteiger partial charge in [0.15, 0.2) is 0 Å². The van der Waals surface area contributed by atoms with Crippen molar-refractivity contribution in [1.29, 1.82) is 0 Å². The molecule has 0 aliphatic rings. The van der Waals surface area contributed by atoms with Gasteiger partial charge in [0.05, 0.1) is 18.7 Å². The Kier molecular flexibility index (Phi) is 4.52. The van der Waals surface area contributed by atoms with E-state index in [1.807, 2.05) is 24.3 Å². The minimum atomic E-state index is -0.198. The van der Waals surface area contributed by atoms with Gasteiger partial charge in [0.25, 0.3) is 0 Å². The summed E-state index contributed by atoms with van der Waals surface area (Å²) in [6, 6.07) is 7.37. The van der Waals surface area contributed by atoms with Crippen LogP contribution in [0.15, 0.2) is 28.8 Å². The van der Waals surface area contributed by atoms with Crippen LogP contribution in [0.25, 0.3) is 11.4 Å². The maximum absolute atomic E-state index is 6.02. The number of unbranched alkanes of at least 4 members (excludes halogenated alkanes) is 1. The quantitative estimate of drug-likeness (QED) is 0.865. The normalized spacial score (nSPS) is 12.4. The Morgan fingerprint density at radius 1 is 1.37 bits per heavy atom. The van der Waals surface area contributed by atoms with Gasteiger partial charge in [-0.05, 0) is 18.6 Å². The van der Waals surface area contributed by atoms with Crippen molar-refractivity contribution in [3.63, 3.8) is 0 Å². The molecule has 1 atom stereocenters. The fourth-order valence-corrected chi connectivity index (χ4v) is 1.87. The molecule has 0 radical (unpaired) electrons. The van der Waals surface area contributed by atoms with Crippen LogP contribution in [0.3, 0.4) is 0 Å². The zero-order valence-corrected chi connectivity index (χ0v) is 11.3. The lowest BCUT2D eigenvalue weighted by atomic mass is 10.1. The van der Waals surface area contributed by atoms with E-state index in [0.29, 0.717) is 11.7 Å². The lowest BCUT2D eigenvalue weighted by Crippen LogP contribution is -2.10. The molecule has 0 spiro atoms. The number of rotatable bonds is 6. The Morgan fingerprint density at radius 3 is 2.89 bits per heavy atom. The molecule has 0 aliphatic carbocycles. The summed E-state index contributed by atoms with van der Waals surface area (Å²) in [6.07, 6.45) is 3.00. The van der Waals surface area contributed by atoms with Crippen LogP contribution in [0.5, 0.6) is 5.75 Å². The number of hydrogen-bond donors (Lipinski definition) is 1. The molecule has 2 N–H and O–H groups in total. The summed E-state index contributed by atoms with van der Waals surface area (Å²) in [5, 5.41) is 3.98. The van der Waals surface area contributed by atoms with Crippen molar-refractivity contribution in [3.05, 3.63) is 30.2 Å². The van der Waals surface area contributed by atoms with Crippen molar-refractivity contribution < 1.29 is 9.26 Å². The lowest BCUT2D eigenvalue weighted by Gasteiger charge is -2.04. The second-order valence-corrected chi connectivity index (χ2v) is 4.41. The van der Waals surface area contributed by atoms with Gasteiger partial charge >= 0.3 is 0 Å². The monoisotopic (exact) mass is 261 g/mol. The fraction of sp³-hybridized carbons (Fsp3) is 0.429. The highest BCUT2D eigenvalue weighted by molar-refractivity contribution is 5.63. The maximum Gasteiger partial charge on any atom is 0.243 e. The van der Waals surface area contributed by atoms with Crippen LogP contribution in [-0.2, 0) is 0 Å². The number of para-hydroxylation sites is 1. The molecule has 2 aromatic rings. The summed E-state index contributed by atoms with van der Waals surface area (Å²) in [4.78, 5) is 4.36. The van der Waals surface area contributed by atoms with E-state index >= 15 is 0 Å². The molecule has 102 valence electrons. The third kappa shape index (κ3) is 3.12. The summed E-state index contributed by atoms with van der Waals surface area (Å²) < 4.78 is 10.5. The molecule has 0 unspecified atom stereocenters. The Labute approximate surface area is 112 Å². The van der Waals surface area contributed by atoms with Crippen molar-refractivity contribution >= 4 is 0 Å². The van der Waals surface area contributed by atoms with Gasteiger partial charge in [0.1, 0.15) is 5.75 Å². The van der Waals surface area contributed by atoms with Crippen molar-refractivity contribution in [2.75, 3.05) is 7.11 Å². The second-order valence-electron chi connectivity index (χ2n) is 4.41. The van der Waals surface area contributed by atoms with Crippen molar-refractivity contribution in [1.82, 2.24) is 10.1 Å². The molecule has 1 heterocycles.